The Bertz CT molecular complexity index is 503. The molecule has 17 heavy (non-hydrogen) atoms. The first kappa shape index (κ1) is 11.8. The van der Waals surface area contributed by atoms with Crippen molar-refractivity contribution in [2.45, 2.75) is 25.7 Å². The highest BCUT2D eigenvalue weighted by molar-refractivity contribution is 5.96. The number of carbonyl (C=O) groups excluding carboxylic acids is 1. The molecule has 0 aromatic heterocycles. The van der Waals surface area contributed by atoms with E-state index in [4.69, 9.17) is 0 Å². The Labute approximate surface area is 101 Å². The number of likely N-dealkylation sites (N-methyl/N-ethyl adjacent to an activating group) is 1. The van der Waals surface area contributed by atoms with Crippen LogP contribution in [0.2, 0.25) is 0 Å². The molecule has 0 radical (unpaired) electrons. The summed E-state index contributed by atoms with van der Waals surface area (Å²) in [7, 11) is 1.59. The molecule has 3 heteroatoms. The fourth-order valence-electron chi connectivity index (χ4n) is 2.40. The van der Waals surface area contributed by atoms with Crippen molar-refractivity contribution >= 4 is 11.5 Å². The van der Waals surface area contributed by atoms with Crippen LogP contribution in [0.15, 0.2) is 24.3 Å². The minimum Gasteiger partial charge on any atom is -0.356 e. The zero-order valence-electron chi connectivity index (χ0n) is 10.3. The molecule has 1 aromatic rings. The fraction of sp³-hybridized carbons (Fsp3) is 0.357. The smallest absolute Gasteiger partial charge is 0.244 e. The second-order valence-electron chi connectivity index (χ2n) is 5.03. The van der Waals surface area contributed by atoms with E-state index >= 15 is 0 Å². The number of nitrogens with one attached hydrogen (secondary N) is 1. The summed E-state index contributed by atoms with van der Waals surface area (Å²) in [6.07, 6.45) is 2.33. The molecule has 0 fully saturated rings. The second-order valence-corrected chi connectivity index (χ2v) is 5.03. The van der Waals surface area contributed by atoms with Gasteiger partial charge in [-0.2, -0.15) is 0 Å². The van der Waals surface area contributed by atoms with E-state index < -0.39 is 0 Å². The normalized spacial score (nSPS) is 19.2. The summed E-state index contributed by atoms with van der Waals surface area (Å²) in [5.41, 5.74) is 2.83. The standard InChI is InChI=1S/C14H16FNO/c1-14(2)8-9(6-13(17)16-3)11-7-10(15)4-5-12(11)14/h4-7H,8H2,1-3H3,(H,16,17)/b9-6+. The molecule has 2 nitrogen and oxygen atoms in total. The van der Waals surface area contributed by atoms with Crippen molar-refractivity contribution in [3.63, 3.8) is 0 Å². The Hall–Kier alpha value is -1.64. The van der Waals surface area contributed by atoms with E-state index in [1.807, 2.05) is 6.07 Å². The monoisotopic (exact) mass is 233 g/mol. The molecule has 1 aliphatic rings. The molecule has 0 atom stereocenters. The average Bonchev–Trinajstić information content (AvgIpc) is 2.50. The molecule has 90 valence electrons. The highest BCUT2D eigenvalue weighted by atomic mass is 19.1. The first-order chi connectivity index (χ1) is 7.94. The van der Waals surface area contributed by atoms with Crippen LogP contribution in [0.25, 0.3) is 5.57 Å². The predicted molar refractivity (Wildman–Crippen MR) is 66.1 cm³/mol. The summed E-state index contributed by atoms with van der Waals surface area (Å²) < 4.78 is 13.3. The van der Waals surface area contributed by atoms with Crippen LogP contribution in [-0.2, 0) is 10.2 Å². The Balaban J connectivity index is 2.53. The van der Waals surface area contributed by atoms with Gasteiger partial charge in [0.1, 0.15) is 5.82 Å². The third-order valence-corrected chi connectivity index (χ3v) is 3.24. The van der Waals surface area contributed by atoms with Gasteiger partial charge >= 0.3 is 0 Å². The van der Waals surface area contributed by atoms with E-state index in [0.29, 0.717) is 0 Å². The summed E-state index contributed by atoms with van der Waals surface area (Å²) in [4.78, 5) is 11.4. The Morgan fingerprint density at radius 3 is 2.82 bits per heavy atom. The zero-order valence-corrected chi connectivity index (χ0v) is 10.3. The number of benzene rings is 1. The Morgan fingerprint density at radius 1 is 1.47 bits per heavy atom. The molecule has 1 aromatic carbocycles. The molecular formula is C14H16FNO. The van der Waals surface area contributed by atoms with Crippen LogP contribution < -0.4 is 5.32 Å². The van der Waals surface area contributed by atoms with Crippen LogP contribution in [0.3, 0.4) is 0 Å². The van der Waals surface area contributed by atoms with E-state index in [1.54, 1.807) is 13.1 Å². The van der Waals surface area contributed by atoms with Gasteiger partial charge in [0, 0.05) is 13.1 Å². The van der Waals surface area contributed by atoms with Gasteiger partial charge in [-0.15, -0.1) is 0 Å². The molecule has 0 spiro atoms. The van der Waals surface area contributed by atoms with Crippen molar-refractivity contribution in [2.24, 2.45) is 0 Å². The van der Waals surface area contributed by atoms with Gasteiger partial charge in [0.25, 0.3) is 0 Å². The van der Waals surface area contributed by atoms with Gasteiger partial charge in [0.2, 0.25) is 5.91 Å². The highest BCUT2D eigenvalue weighted by Crippen LogP contribution is 2.45. The number of amides is 1. The van der Waals surface area contributed by atoms with Crippen molar-refractivity contribution in [3.8, 4) is 0 Å². The quantitative estimate of drug-likeness (QED) is 0.742. The van der Waals surface area contributed by atoms with Crippen molar-refractivity contribution in [1.82, 2.24) is 5.32 Å². The lowest BCUT2D eigenvalue weighted by molar-refractivity contribution is -0.116. The van der Waals surface area contributed by atoms with Gasteiger partial charge < -0.3 is 5.32 Å². The molecule has 1 amide bonds. The van der Waals surface area contributed by atoms with Crippen molar-refractivity contribution in [2.75, 3.05) is 7.05 Å². The van der Waals surface area contributed by atoms with Crippen molar-refractivity contribution < 1.29 is 9.18 Å². The van der Waals surface area contributed by atoms with Gasteiger partial charge in [-0.3, -0.25) is 4.79 Å². The SMILES string of the molecule is CNC(=O)/C=C1\CC(C)(C)c2ccc(F)cc21. The second kappa shape index (κ2) is 3.99. The first-order valence-corrected chi connectivity index (χ1v) is 5.67. The van der Waals surface area contributed by atoms with E-state index in [9.17, 15) is 9.18 Å². The van der Waals surface area contributed by atoms with Crippen LogP contribution in [0.5, 0.6) is 0 Å². The summed E-state index contributed by atoms with van der Waals surface area (Å²) in [6.45, 7) is 4.21. The van der Waals surface area contributed by atoms with Crippen molar-refractivity contribution in [3.05, 3.63) is 41.2 Å². The molecule has 0 aliphatic heterocycles. The van der Waals surface area contributed by atoms with Crippen LogP contribution in [0.1, 0.15) is 31.4 Å². The van der Waals surface area contributed by atoms with Crippen LogP contribution in [0, 0.1) is 5.82 Å². The maximum atomic E-state index is 13.3. The average molecular weight is 233 g/mol. The lowest BCUT2D eigenvalue weighted by atomic mass is 9.86. The molecule has 0 bridgehead atoms. The van der Waals surface area contributed by atoms with Crippen LogP contribution in [-0.4, -0.2) is 13.0 Å². The zero-order chi connectivity index (χ0) is 12.6. The fourth-order valence-corrected chi connectivity index (χ4v) is 2.40. The van der Waals surface area contributed by atoms with Crippen molar-refractivity contribution in [1.29, 1.82) is 0 Å². The van der Waals surface area contributed by atoms with Gasteiger partial charge in [-0.05, 0) is 40.7 Å². The largest absolute Gasteiger partial charge is 0.356 e. The van der Waals surface area contributed by atoms with E-state index in [-0.39, 0.29) is 17.1 Å². The number of rotatable bonds is 1. The Kier molecular flexibility index (Phi) is 2.77. The summed E-state index contributed by atoms with van der Waals surface area (Å²) in [5, 5.41) is 2.56. The van der Waals surface area contributed by atoms with Gasteiger partial charge in [-0.25, -0.2) is 4.39 Å². The first-order valence-electron chi connectivity index (χ1n) is 5.67. The number of hydrogen-bond donors (Lipinski definition) is 1. The lowest BCUT2D eigenvalue weighted by Gasteiger charge is -2.17. The molecular weight excluding hydrogens is 217 g/mol. The topological polar surface area (TPSA) is 29.1 Å². The molecule has 1 aliphatic carbocycles. The van der Waals surface area contributed by atoms with E-state index in [2.05, 4.69) is 19.2 Å². The van der Waals surface area contributed by atoms with E-state index in [0.717, 1.165) is 23.1 Å². The minimum atomic E-state index is -0.260. The Morgan fingerprint density at radius 2 is 2.18 bits per heavy atom. The summed E-state index contributed by atoms with van der Waals surface area (Å²) in [5.74, 6) is -0.405. The van der Waals surface area contributed by atoms with E-state index in [1.165, 1.54) is 12.1 Å². The predicted octanol–water partition coefficient (Wildman–Crippen LogP) is 2.64. The molecule has 2 rings (SSSR count). The molecule has 0 heterocycles. The van der Waals surface area contributed by atoms with Gasteiger partial charge in [0.05, 0.1) is 0 Å². The number of halogens is 1. The maximum Gasteiger partial charge on any atom is 0.244 e. The maximum absolute atomic E-state index is 13.3. The van der Waals surface area contributed by atoms with Gasteiger partial charge in [0.15, 0.2) is 0 Å². The summed E-state index contributed by atoms with van der Waals surface area (Å²) >= 11 is 0. The molecule has 0 unspecified atom stereocenters. The third-order valence-electron chi connectivity index (χ3n) is 3.24. The third kappa shape index (κ3) is 2.09. The minimum absolute atomic E-state index is 0.0388. The molecule has 0 saturated heterocycles. The number of carbonyl (C=O) groups is 1. The number of fused-ring (bicyclic) bond motifs is 1. The molecule has 1 N–H and O–H groups in total. The van der Waals surface area contributed by atoms with Crippen LogP contribution in [0.4, 0.5) is 4.39 Å². The number of hydrogen-bond acceptors (Lipinski definition) is 1. The number of allylic oxidation sites excluding steroid dienone is 1. The summed E-state index contributed by atoms with van der Waals surface area (Å²) in [6, 6.07) is 4.80. The van der Waals surface area contributed by atoms with Gasteiger partial charge in [-0.1, -0.05) is 19.9 Å². The molecule has 0 saturated carbocycles. The van der Waals surface area contributed by atoms with Crippen LogP contribution >= 0.6 is 0 Å². The lowest BCUT2D eigenvalue weighted by Crippen LogP contribution is -2.15. The highest BCUT2D eigenvalue weighted by Gasteiger charge is 2.33.